The van der Waals surface area contributed by atoms with E-state index in [1.54, 1.807) is 35.6 Å². The fourth-order valence-corrected chi connectivity index (χ4v) is 2.20. The molecule has 0 aliphatic rings. The molecular formula is C13H8FIN2O2. The van der Waals surface area contributed by atoms with Crippen molar-refractivity contribution in [1.29, 1.82) is 5.26 Å². The summed E-state index contributed by atoms with van der Waals surface area (Å²) in [6.07, 6.45) is 0. The lowest BCUT2D eigenvalue weighted by Crippen LogP contribution is -2.12. The fraction of sp³-hybridized carbons (Fsp3) is 0.0769. The molecule has 1 heterocycles. The number of phenolic OH excluding ortho intramolecular Hbond substituents is 1. The van der Waals surface area contributed by atoms with E-state index in [9.17, 15) is 14.3 Å². The van der Waals surface area contributed by atoms with Crippen molar-refractivity contribution in [3.05, 3.63) is 49.2 Å². The van der Waals surface area contributed by atoms with Crippen LogP contribution in [-0.2, 0) is 0 Å². The molecule has 4 nitrogen and oxygen atoms in total. The number of nitriles is 1. The molecule has 2 aromatic rings. The van der Waals surface area contributed by atoms with Crippen LogP contribution in [0.15, 0.2) is 23.0 Å². The number of hydrogen-bond acceptors (Lipinski definition) is 3. The number of aryl methyl sites for hydroxylation is 1. The molecule has 0 radical (unpaired) electrons. The van der Waals surface area contributed by atoms with Crippen LogP contribution in [0.4, 0.5) is 4.39 Å². The number of hydrogen-bond donors (Lipinski definition) is 2. The summed E-state index contributed by atoms with van der Waals surface area (Å²) in [4.78, 5) is 14.2. The van der Waals surface area contributed by atoms with Crippen LogP contribution < -0.4 is 5.56 Å². The number of aromatic amines is 1. The number of rotatable bonds is 1. The lowest BCUT2D eigenvalue weighted by molar-refractivity contribution is 0.432. The molecule has 19 heavy (non-hydrogen) atoms. The molecule has 0 aliphatic carbocycles. The predicted octanol–water partition coefficient (Wildman–Crippen LogP) is 2.67. The van der Waals surface area contributed by atoms with Gasteiger partial charge in [0.2, 0.25) is 0 Å². The molecule has 96 valence electrons. The largest absolute Gasteiger partial charge is 0.504 e. The third-order valence-electron chi connectivity index (χ3n) is 2.64. The van der Waals surface area contributed by atoms with E-state index in [4.69, 9.17) is 5.26 Å². The average Bonchev–Trinajstić information content (AvgIpc) is 2.35. The van der Waals surface area contributed by atoms with E-state index in [2.05, 4.69) is 4.98 Å². The van der Waals surface area contributed by atoms with Gasteiger partial charge in [0.05, 0.1) is 3.57 Å². The first-order chi connectivity index (χ1) is 8.95. The molecule has 0 saturated heterocycles. The van der Waals surface area contributed by atoms with Gasteiger partial charge in [-0.25, -0.2) is 4.39 Å². The quantitative estimate of drug-likeness (QED) is 0.758. The highest BCUT2D eigenvalue weighted by molar-refractivity contribution is 14.1. The second-order valence-electron chi connectivity index (χ2n) is 3.94. The van der Waals surface area contributed by atoms with Gasteiger partial charge in [-0.2, -0.15) is 5.26 Å². The van der Waals surface area contributed by atoms with E-state index in [0.29, 0.717) is 5.69 Å². The van der Waals surface area contributed by atoms with E-state index < -0.39 is 17.1 Å². The van der Waals surface area contributed by atoms with Gasteiger partial charge in [-0.15, -0.1) is 0 Å². The van der Waals surface area contributed by atoms with Crippen molar-refractivity contribution >= 4 is 22.6 Å². The molecule has 0 aliphatic heterocycles. The molecule has 1 aromatic carbocycles. The number of nitrogens with one attached hydrogen (secondary N) is 1. The maximum Gasteiger partial charge on any atom is 0.266 e. The van der Waals surface area contributed by atoms with E-state index in [1.807, 2.05) is 0 Å². The van der Waals surface area contributed by atoms with Crippen LogP contribution in [0.5, 0.6) is 5.75 Å². The molecule has 6 heteroatoms. The van der Waals surface area contributed by atoms with Gasteiger partial charge in [0.15, 0.2) is 11.6 Å². The molecule has 2 N–H and O–H groups in total. The SMILES string of the molecule is Cc1cc(-c2ccc(I)c(F)c2O)c(C#N)c(=O)[nH]1. The molecule has 0 fully saturated rings. The number of aromatic hydroxyl groups is 1. The number of pyridine rings is 1. The van der Waals surface area contributed by atoms with Crippen molar-refractivity contribution in [2.45, 2.75) is 6.92 Å². The Morgan fingerprint density at radius 1 is 1.42 bits per heavy atom. The van der Waals surface area contributed by atoms with Gasteiger partial charge in [-0.3, -0.25) is 4.79 Å². The summed E-state index contributed by atoms with van der Waals surface area (Å²) in [6, 6.07) is 6.26. The number of benzene rings is 1. The van der Waals surface area contributed by atoms with Crippen molar-refractivity contribution in [3.8, 4) is 22.9 Å². The maximum absolute atomic E-state index is 13.7. The second kappa shape index (κ2) is 5.01. The average molecular weight is 370 g/mol. The smallest absolute Gasteiger partial charge is 0.266 e. The highest BCUT2D eigenvalue weighted by Crippen LogP contribution is 2.34. The Kier molecular flexibility index (Phi) is 3.57. The van der Waals surface area contributed by atoms with Crippen LogP contribution in [0.1, 0.15) is 11.3 Å². The summed E-state index contributed by atoms with van der Waals surface area (Å²) in [5, 5.41) is 18.9. The number of aromatic nitrogens is 1. The van der Waals surface area contributed by atoms with Crippen LogP contribution in [0.25, 0.3) is 11.1 Å². The van der Waals surface area contributed by atoms with E-state index in [-0.39, 0.29) is 20.3 Å². The minimum absolute atomic E-state index is 0.128. The summed E-state index contributed by atoms with van der Waals surface area (Å²) in [6.45, 7) is 1.64. The van der Waals surface area contributed by atoms with Crippen LogP contribution in [0, 0.1) is 27.6 Å². The summed E-state index contributed by atoms with van der Waals surface area (Å²) >= 11 is 1.75. The van der Waals surface area contributed by atoms with Gasteiger partial charge < -0.3 is 10.1 Å². The summed E-state index contributed by atoms with van der Waals surface area (Å²) < 4.78 is 14.0. The van der Waals surface area contributed by atoms with E-state index in [0.717, 1.165) is 0 Å². The van der Waals surface area contributed by atoms with Crippen LogP contribution >= 0.6 is 22.6 Å². The Labute approximate surface area is 121 Å². The van der Waals surface area contributed by atoms with E-state index >= 15 is 0 Å². The Morgan fingerprint density at radius 3 is 2.74 bits per heavy atom. The molecule has 0 unspecified atom stereocenters. The van der Waals surface area contributed by atoms with E-state index in [1.165, 1.54) is 18.2 Å². The first kappa shape index (κ1) is 13.5. The minimum Gasteiger partial charge on any atom is -0.504 e. The highest BCUT2D eigenvalue weighted by Gasteiger charge is 2.17. The topological polar surface area (TPSA) is 76.9 Å². The summed E-state index contributed by atoms with van der Waals surface area (Å²) in [5.41, 5.74) is 0.162. The number of H-pyrrole nitrogens is 1. The van der Waals surface area contributed by atoms with Gasteiger partial charge in [-0.05, 0) is 47.7 Å². The molecular weight excluding hydrogens is 362 g/mol. The lowest BCUT2D eigenvalue weighted by Gasteiger charge is -2.09. The third-order valence-corrected chi connectivity index (χ3v) is 3.47. The monoisotopic (exact) mass is 370 g/mol. The molecule has 2 rings (SSSR count). The maximum atomic E-state index is 13.7. The summed E-state index contributed by atoms with van der Waals surface area (Å²) in [5.74, 6) is -1.33. The summed E-state index contributed by atoms with van der Waals surface area (Å²) in [7, 11) is 0. The van der Waals surface area contributed by atoms with Gasteiger partial charge in [-0.1, -0.05) is 0 Å². The zero-order valence-electron chi connectivity index (χ0n) is 9.79. The normalized spacial score (nSPS) is 10.2. The Bertz CT molecular complexity index is 762. The van der Waals surface area contributed by atoms with Crippen molar-refractivity contribution < 1.29 is 9.50 Å². The Balaban J connectivity index is 2.84. The molecule has 0 bridgehead atoms. The lowest BCUT2D eigenvalue weighted by atomic mass is 10.00. The number of halogens is 2. The van der Waals surface area contributed by atoms with Gasteiger partial charge in [0, 0.05) is 16.8 Å². The second-order valence-corrected chi connectivity index (χ2v) is 5.10. The minimum atomic E-state index is -0.764. The molecule has 0 amide bonds. The van der Waals surface area contributed by atoms with Crippen molar-refractivity contribution in [2.75, 3.05) is 0 Å². The third kappa shape index (κ3) is 2.33. The zero-order chi connectivity index (χ0) is 14.2. The Hall–Kier alpha value is -1.88. The molecule has 0 spiro atoms. The standard InChI is InChI=1S/C13H8FIN2O2/c1-6-4-8(9(5-16)13(19)17-6)7-2-3-10(15)11(14)12(7)18/h2-4,18H,1H3,(H,17,19). The molecule has 0 saturated carbocycles. The van der Waals surface area contributed by atoms with Crippen molar-refractivity contribution in [1.82, 2.24) is 4.98 Å². The highest BCUT2D eigenvalue weighted by atomic mass is 127. The Morgan fingerprint density at radius 2 is 2.11 bits per heavy atom. The number of phenols is 1. The van der Waals surface area contributed by atoms with Gasteiger partial charge >= 0.3 is 0 Å². The first-order valence-electron chi connectivity index (χ1n) is 5.27. The van der Waals surface area contributed by atoms with Crippen LogP contribution in [-0.4, -0.2) is 10.1 Å². The van der Waals surface area contributed by atoms with Gasteiger partial charge in [0.1, 0.15) is 11.6 Å². The fourth-order valence-electron chi connectivity index (χ4n) is 1.77. The van der Waals surface area contributed by atoms with Crippen LogP contribution in [0.3, 0.4) is 0 Å². The molecule has 1 aromatic heterocycles. The zero-order valence-corrected chi connectivity index (χ0v) is 11.9. The molecule has 0 atom stereocenters. The number of nitrogens with zero attached hydrogens (tertiary/aromatic N) is 1. The first-order valence-corrected chi connectivity index (χ1v) is 6.35. The van der Waals surface area contributed by atoms with Crippen molar-refractivity contribution in [3.63, 3.8) is 0 Å². The predicted molar refractivity (Wildman–Crippen MR) is 76.3 cm³/mol. The van der Waals surface area contributed by atoms with Gasteiger partial charge in [0.25, 0.3) is 5.56 Å². The van der Waals surface area contributed by atoms with Crippen LogP contribution in [0.2, 0.25) is 0 Å². The van der Waals surface area contributed by atoms with Crippen molar-refractivity contribution in [2.24, 2.45) is 0 Å².